The molecule has 0 radical (unpaired) electrons. The molecule has 202 valence electrons. The fourth-order valence-electron chi connectivity index (χ4n) is 3.80. The molecule has 0 aromatic carbocycles. The van der Waals surface area contributed by atoms with E-state index in [0.717, 1.165) is 28.0 Å². The van der Waals surface area contributed by atoms with Crippen molar-refractivity contribution in [3.05, 3.63) is 43.1 Å². The second kappa shape index (κ2) is 11.0. The van der Waals surface area contributed by atoms with Crippen molar-refractivity contribution < 1.29 is 24.3 Å². The number of aromatic amines is 1. The molecule has 0 bridgehead atoms. The first-order valence-corrected chi connectivity index (χ1v) is 13.8. The molecule has 18 heteroatoms. The van der Waals surface area contributed by atoms with Crippen LogP contribution in [0.1, 0.15) is 25.6 Å². The number of nitrogen functional groups attached to an aromatic ring is 1. The molecule has 4 heterocycles. The number of hydrogen-bond acceptors (Lipinski definition) is 13. The van der Waals surface area contributed by atoms with Gasteiger partial charge >= 0.3 is 17.1 Å². The molecule has 0 aliphatic carbocycles. The minimum Gasteiger partial charge on any atom is -0.477 e. The summed E-state index contributed by atoms with van der Waals surface area (Å²) in [6.45, 7) is 3.43. The summed E-state index contributed by atoms with van der Waals surface area (Å²) in [4.78, 5) is 71.8. The highest BCUT2D eigenvalue weighted by molar-refractivity contribution is 8.01. The maximum absolute atomic E-state index is 13.0. The third-order valence-electron chi connectivity index (χ3n) is 5.46. The third-order valence-corrected chi connectivity index (χ3v) is 8.52. The standard InChI is InChI=1S/C20H22N8O7S3/c1-7(2)27-16(32)14(30)24-25-20(27)38-5-8-4-36-17-11(15(31)28(17)12(8)18(33)34)23-13(29)10(26-35-3)9-6-37-19(21)22-9/h6-7,11,17H,4-5H2,1-3H3,(H2,21,22)(H,23,29)(H,24,30)(H,33,34)/b26-10+. The molecule has 0 saturated carbocycles. The number of rotatable bonds is 9. The number of amides is 2. The van der Waals surface area contributed by atoms with Gasteiger partial charge in [-0.3, -0.25) is 28.6 Å². The molecule has 2 aromatic rings. The molecule has 2 atom stereocenters. The van der Waals surface area contributed by atoms with Crippen molar-refractivity contribution in [2.45, 2.75) is 36.5 Å². The highest BCUT2D eigenvalue weighted by atomic mass is 32.2. The first-order valence-electron chi connectivity index (χ1n) is 10.9. The number of fused-ring (bicyclic) bond motifs is 1. The first-order chi connectivity index (χ1) is 18.0. The molecule has 1 saturated heterocycles. The van der Waals surface area contributed by atoms with Crippen LogP contribution in [-0.4, -0.2) is 83.3 Å². The van der Waals surface area contributed by atoms with Gasteiger partial charge in [0.1, 0.15) is 29.9 Å². The molecular weight excluding hydrogens is 560 g/mol. The van der Waals surface area contributed by atoms with Crippen LogP contribution in [0.2, 0.25) is 0 Å². The summed E-state index contributed by atoms with van der Waals surface area (Å²) < 4.78 is 1.22. The van der Waals surface area contributed by atoms with E-state index in [1.54, 1.807) is 13.8 Å². The minimum atomic E-state index is -1.31. The number of thiazole rings is 1. The number of nitrogens with zero attached hydrogens (tertiary/aromatic N) is 5. The Hall–Kier alpha value is -3.64. The summed E-state index contributed by atoms with van der Waals surface area (Å²) in [6.07, 6.45) is 0. The predicted octanol–water partition coefficient (Wildman–Crippen LogP) is -0.567. The number of nitrogens with one attached hydrogen (secondary N) is 2. The van der Waals surface area contributed by atoms with Crippen LogP contribution in [0.15, 0.2) is 36.6 Å². The van der Waals surface area contributed by atoms with Crippen LogP contribution in [0.25, 0.3) is 0 Å². The first kappa shape index (κ1) is 27.4. The zero-order valence-electron chi connectivity index (χ0n) is 20.2. The number of thioether (sulfide) groups is 2. The van der Waals surface area contributed by atoms with Crippen molar-refractivity contribution >= 4 is 63.5 Å². The number of carboxylic acids is 1. The van der Waals surface area contributed by atoms with Crippen molar-refractivity contribution in [3.63, 3.8) is 0 Å². The summed E-state index contributed by atoms with van der Waals surface area (Å²) in [6, 6.07) is -1.35. The van der Waals surface area contributed by atoms with Gasteiger partial charge in [0.05, 0.1) is 0 Å². The fraction of sp³-hybridized carbons (Fsp3) is 0.400. The monoisotopic (exact) mass is 582 g/mol. The molecule has 38 heavy (non-hydrogen) atoms. The van der Waals surface area contributed by atoms with Gasteiger partial charge in [-0.25, -0.2) is 14.9 Å². The van der Waals surface area contributed by atoms with E-state index in [-0.39, 0.29) is 44.9 Å². The summed E-state index contributed by atoms with van der Waals surface area (Å²) in [5.74, 6) is -2.30. The number of carbonyl (C=O) groups is 3. The van der Waals surface area contributed by atoms with Gasteiger partial charge in [0.2, 0.25) is 0 Å². The SMILES string of the molecule is CO/N=C(/C(=O)NC1C(=O)N2C(C(=O)O)=C(CSc3n[nH]c(=O)c(=O)n3C(C)C)CSC12)c1csc(N)n1. The smallest absolute Gasteiger partial charge is 0.352 e. The van der Waals surface area contributed by atoms with Gasteiger partial charge in [0.25, 0.3) is 11.8 Å². The van der Waals surface area contributed by atoms with Gasteiger partial charge in [-0.1, -0.05) is 16.9 Å². The highest BCUT2D eigenvalue weighted by Crippen LogP contribution is 2.41. The van der Waals surface area contributed by atoms with Crippen LogP contribution >= 0.6 is 34.9 Å². The van der Waals surface area contributed by atoms with Crippen LogP contribution in [0.5, 0.6) is 0 Å². The molecule has 0 spiro atoms. The summed E-state index contributed by atoms with van der Waals surface area (Å²) in [5.41, 5.74) is 4.23. The van der Waals surface area contributed by atoms with Crippen LogP contribution < -0.4 is 22.2 Å². The third kappa shape index (κ3) is 5.05. The topological polar surface area (TPSA) is 215 Å². The molecular formula is C20H22N8O7S3. The Labute approximate surface area is 226 Å². The number of β-lactam (4-membered cyclic amide) rings is 1. The van der Waals surface area contributed by atoms with Crippen molar-refractivity contribution in [2.75, 3.05) is 24.3 Å². The number of carbonyl (C=O) groups excluding carboxylic acids is 2. The maximum atomic E-state index is 13.0. The summed E-state index contributed by atoms with van der Waals surface area (Å²) in [5, 5.41) is 23.5. The van der Waals surface area contributed by atoms with Crippen LogP contribution in [0, 0.1) is 0 Å². The lowest BCUT2D eigenvalue weighted by atomic mass is 10.0. The molecule has 2 amide bonds. The number of aliphatic carboxylic acids is 1. The van der Waals surface area contributed by atoms with E-state index in [2.05, 4.69) is 25.7 Å². The molecule has 4 rings (SSSR count). The zero-order valence-corrected chi connectivity index (χ0v) is 22.6. The predicted molar refractivity (Wildman–Crippen MR) is 140 cm³/mol. The molecule has 2 aromatic heterocycles. The quantitative estimate of drug-likeness (QED) is 0.0962. The number of H-pyrrole nitrogens is 1. The molecule has 2 aliphatic heterocycles. The van der Waals surface area contributed by atoms with Gasteiger partial charge in [0, 0.05) is 22.9 Å². The largest absolute Gasteiger partial charge is 0.477 e. The molecule has 2 aliphatic rings. The van der Waals surface area contributed by atoms with E-state index in [1.165, 1.54) is 28.8 Å². The van der Waals surface area contributed by atoms with Gasteiger partial charge in [-0.05, 0) is 19.4 Å². The Morgan fingerprint density at radius 1 is 1.39 bits per heavy atom. The number of oxime groups is 1. The van der Waals surface area contributed by atoms with Gasteiger partial charge in [-0.15, -0.1) is 28.2 Å². The van der Waals surface area contributed by atoms with E-state index in [0.29, 0.717) is 5.57 Å². The fourth-order valence-corrected chi connectivity index (χ4v) is 6.91. The number of hydrogen-bond donors (Lipinski definition) is 4. The number of carboxylic acid groups (broad SMARTS) is 1. The van der Waals surface area contributed by atoms with Crippen LogP contribution in [0.4, 0.5) is 5.13 Å². The molecule has 2 unspecified atom stereocenters. The van der Waals surface area contributed by atoms with E-state index in [1.807, 2.05) is 0 Å². The van der Waals surface area contributed by atoms with Gasteiger partial charge in [-0.2, -0.15) is 0 Å². The van der Waals surface area contributed by atoms with Gasteiger partial charge < -0.3 is 21.0 Å². The zero-order chi connectivity index (χ0) is 27.7. The normalized spacial score (nSPS) is 19.3. The number of anilines is 1. The van der Waals surface area contributed by atoms with E-state index in [9.17, 15) is 29.1 Å². The Kier molecular flexibility index (Phi) is 7.93. The lowest BCUT2D eigenvalue weighted by Crippen LogP contribution is -2.71. The lowest BCUT2D eigenvalue weighted by molar-refractivity contribution is -0.150. The summed E-state index contributed by atoms with van der Waals surface area (Å²) >= 11 is 3.45. The van der Waals surface area contributed by atoms with Crippen molar-refractivity contribution in [1.29, 1.82) is 0 Å². The molecule has 15 nitrogen and oxygen atoms in total. The van der Waals surface area contributed by atoms with Gasteiger partial charge in [0.15, 0.2) is 16.0 Å². The average molecular weight is 583 g/mol. The molecule has 1 fully saturated rings. The summed E-state index contributed by atoms with van der Waals surface area (Å²) in [7, 11) is 1.25. The minimum absolute atomic E-state index is 0.100. The molecule has 5 N–H and O–H groups in total. The van der Waals surface area contributed by atoms with Crippen molar-refractivity contribution in [3.8, 4) is 0 Å². The van der Waals surface area contributed by atoms with E-state index >= 15 is 0 Å². The Bertz CT molecular complexity index is 1480. The van der Waals surface area contributed by atoms with E-state index < -0.39 is 40.3 Å². The Morgan fingerprint density at radius 2 is 2.13 bits per heavy atom. The number of nitrogens with two attached hydrogens (primary N) is 1. The Balaban J connectivity index is 1.53. The Morgan fingerprint density at radius 3 is 2.74 bits per heavy atom. The lowest BCUT2D eigenvalue weighted by Gasteiger charge is -2.49. The van der Waals surface area contributed by atoms with Crippen LogP contribution in [0.3, 0.4) is 0 Å². The maximum Gasteiger partial charge on any atom is 0.352 e. The van der Waals surface area contributed by atoms with Crippen molar-refractivity contribution in [2.24, 2.45) is 5.16 Å². The van der Waals surface area contributed by atoms with E-state index in [4.69, 9.17) is 10.6 Å². The van der Waals surface area contributed by atoms with Crippen molar-refractivity contribution in [1.82, 2.24) is 30.0 Å². The second-order valence-corrected chi connectivity index (χ2v) is 11.1. The number of aromatic nitrogens is 4. The average Bonchev–Trinajstić information content (AvgIpc) is 3.30. The second-order valence-electron chi connectivity index (χ2n) is 8.20. The highest BCUT2D eigenvalue weighted by Gasteiger charge is 2.54. The van der Waals surface area contributed by atoms with Crippen LogP contribution in [-0.2, 0) is 19.2 Å².